The lowest BCUT2D eigenvalue weighted by Gasteiger charge is -2.09. The second kappa shape index (κ2) is 9.81. The average Bonchev–Trinajstić information content (AvgIpc) is 3.42. The van der Waals surface area contributed by atoms with E-state index in [-0.39, 0.29) is 28.5 Å². The molecule has 0 spiro atoms. The Morgan fingerprint density at radius 2 is 1.97 bits per heavy atom. The molecule has 0 aliphatic carbocycles. The predicted molar refractivity (Wildman–Crippen MR) is 112 cm³/mol. The molecular formula is C21H19NO8S. The van der Waals surface area contributed by atoms with Gasteiger partial charge in [0, 0.05) is 10.9 Å². The number of nitrogens with one attached hydrogen (secondary N) is 1. The number of esters is 2. The molecule has 31 heavy (non-hydrogen) atoms. The van der Waals surface area contributed by atoms with Crippen LogP contribution in [0, 0.1) is 0 Å². The molecule has 10 heteroatoms. The van der Waals surface area contributed by atoms with Gasteiger partial charge in [-0.2, -0.15) is 0 Å². The number of carbonyl (C=O) groups is 3. The lowest BCUT2D eigenvalue weighted by Crippen LogP contribution is -2.21. The number of furan rings is 1. The van der Waals surface area contributed by atoms with E-state index in [4.69, 9.17) is 18.6 Å². The normalized spacial score (nSPS) is 10.4. The molecule has 0 aliphatic heterocycles. The lowest BCUT2D eigenvalue weighted by atomic mass is 10.1. The molecular weight excluding hydrogens is 426 g/mol. The van der Waals surface area contributed by atoms with Gasteiger partial charge in [0.05, 0.1) is 20.0 Å². The fourth-order valence-electron chi connectivity index (χ4n) is 2.65. The maximum atomic E-state index is 12.4. The Labute approximate surface area is 181 Å². The van der Waals surface area contributed by atoms with E-state index in [9.17, 15) is 19.5 Å². The fourth-order valence-corrected chi connectivity index (χ4v) is 3.60. The highest BCUT2D eigenvalue weighted by atomic mass is 32.1. The number of thiophene rings is 1. The largest absolute Gasteiger partial charge is 0.507 e. The first-order valence-electron chi connectivity index (χ1n) is 9.11. The predicted octanol–water partition coefficient (Wildman–Crippen LogP) is 3.69. The number of phenols is 1. The summed E-state index contributed by atoms with van der Waals surface area (Å²) in [5.74, 6) is -1.72. The summed E-state index contributed by atoms with van der Waals surface area (Å²) in [5, 5.41) is 14.3. The van der Waals surface area contributed by atoms with Gasteiger partial charge in [-0.05, 0) is 37.3 Å². The summed E-state index contributed by atoms with van der Waals surface area (Å²) >= 11 is 1.11. The molecule has 9 nitrogen and oxygen atoms in total. The van der Waals surface area contributed by atoms with Crippen molar-refractivity contribution in [3.8, 4) is 22.8 Å². The topological polar surface area (TPSA) is 124 Å². The maximum absolute atomic E-state index is 12.4. The first-order valence-corrected chi connectivity index (χ1v) is 9.99. The molecule has 0 fully saturated rings. The second-order valence-electron chi connectivity index (χ2n) is 6.06. The molecule has 3 rings (SSSR count). The van der Waals surface area contributed by atoms with Gasteiger partial charge < -0.3 is 29.1 Å². The van der Waals surface area contributed by atoms with Gasteiger partial charge in [-0.25, -0.2) is 9.59 Å². The van der Waals surface area contributed by atoms with Crippen LogP contribution in [0.15, 0.2) is 46.4 Å². The van der Waals surface area contributed by atoms with Gasteiger partial charge in [-0.1, -0.05) is 0 Å². The average molecular weight is 445 g/mol. The van der Waals surface area contributed by atoms with Crippen molar-refractivity contribution in [1.82, 2.24) is 0 Å². The summed E-state index contributed by atoms with van der Waals surface area (Å²) in [6, 6.07) is 7.40. The number of amides is 1. The van der Waals surface area contributed by atoms with Crippen LogP contribution in [0.2, 0.25) is 0 Å². The van der Waals surface area contributed by atoms with Crippen LogP contribution in [0.3, 0.4) is 0 Å². The Balaban J connectivity index is 1.72. The number of phenolic OH excluding ortho intramolecular Hbond substituents is 1. The summed E-state index contributed by atoms with van der Waals surface area (Å²) < 4.78 is 20.4. The van der Waals surface area contributed by atoms with E-state index >= 15 is 0 Å². The van der Waals surface area contributed by atoms with E-state index in [1.54, 1.807) is 24.4 Å². The number of rotatable bonds is 8. The Hall–Kier alpha value is -3.79. The van der Waals surface area contributed by atoms with Gasteiger partial charge in [0.25, 0.3) is 5.91 Å². The van der Waals surface area contributed by atoms with Crippen LogP contribution in [0.1, 0.15) is 27.6 Å². The molecule has 2 heterocycles. The molecule has 0 atom stereocenters. The zero-order valence-corrected chi connectivity index (χ0v) is 17.5. The highest BCUT2D eigenvalue weighted by Crippen LogP contribution is 2.36. The highest BCUT2D eigenvalue weighted by Gasteiger charge is 2.24. The van der Waals surface area contributed by atoms with Crippen LogP contribution >= 0.6 is 11.3 Å². The van der Waals surface area contributed by atoms with Crippen molar-refractivity contribution in [2.45, 2.75) is 6.92 Å². The van der Waals surface area contributed by atoms with Gasteiger partial charge in [-0.15, -0.1) is 11.3 Å². The Morgan fingerprint density at radius 3 is 2.65 bits per heavy atom. The van der Waals surface area contributed by atoms with Crippen molar-refractivity contribution < 1.29 is 38.1 Å². The number of aromatic hydroxyl groups is 1. The minimum Gasteiger partial charge on any atom is -0.507 e. The van der Waals surface area contributed by atoms with Crippen molar-refractivity contribution in [3.05, 3.63) is 53.1 Å². The van der Waals surface area contributed by atoms with Crippen LogP contribution in [0.5, 0.6) is 11.5 Å². The highest BCUT2D eigenvalue weighted by molar-refractivity contribution is 7.15. The summed E-state index contributed by atoms with van der Waals surface area (Å²) in [6.07, 6.45) is 1.47. The molecule has 0 saturated carbocycles. The monoisotopic (exact) mass is 445 g/mol. The Morgan fingerprint density at radius 1 is 1.16 bits per heavy atom. The lowest BCUT2D eigenvalue weighted by molar-refractivity contribution is -0.119. The van der Waals surface area contributed by atoms with Crippen LogP contribution in [-0.4, -0.2) is 43.3 Å². The smallest absolute Gasteiger partial charge is 0.342 e. The van der Waals surface area contributed by atoms with Crippen molar-refractivity contribution in [2.24, 2.45) is 0 Å². The SMILES string of the molecule is CCOC(=O)c1c(-c2ccco2)csc1NC(=O)COC(=O)c1cc(OC)ccc1O. The van der Waals surface area contributed by atoms with E-state index in [2.05, 4.69) is 5.32 Å². The molecule has 0 unspecified atom stereocenters. The van der Waals surface area contributed by atoms with Crippen LogP contribution < -0.4 is 10.1 Å². The number of carbonyl (C=O) groups excluding carboxylic acids is 3. The number of hydrogen-bond donors (Lipinski definition) is 2. The molecule has 3 aromatic rings. The van der Waals surface area contributed by atoms with Gasteiger partial charge in [0.2, 0.25) is 0 Å². The van der Waals surface area contributed by atoms with E-state index in [1.807, 2.05) is 0 Å². The van der Waals surface area contributed by atoms with Crippen molar-refractivity contribution in [3.63, 3.8) is 0 Å². The summed E-state index contributed by atoms with van der Waals surface area (Å²) in [7, 11) is 1.41. The van der Waals surface area contributed by atoms with E-state index in [0.717, 1.165) is 11.3 Å². The second-order valence-corrected chi connectivity index (χ2v) is 6.94. The Bertz CT molecular complexity index is 1090. The molecule has 0 bridgehead atoms. The number of methoxy groups -OCH3 is 1. The quantitative estimate of drug-likeness (QED) is 0.503. The standard InChI is InChI=1S/C21H19NO8S/c1-3-28-21(26)18-14(16-5-4-8-29-16)11-31-19(18)22-17(24)10-30-20(25)13-9-12(27-2)6-7-15(13)23/h4-9,11,23H,3,10H2,1-2H3,(H,22,24). The maximum Gasteiger partial charge on any atom is 0.342 e. The zero-order valence-electron chi connectivity index (χ0n) is 16.7. The minimum absolute atomic E-state index is 0.143. The molecule has 162 valence electrons. The molecule has 1 amide bonds. The number of hydrogen-bond acceptors (Lipinski definition) is 9. The Kier molecular flexibility index (Phi) is 6.93. The van der Waals surface area contributed by atoms with Crippen LogP contribution in [0.25, 0.3) is 11.3 Å². The fraction of sp³-hybridized carbons (Fsp3) is 0.190. The molecule has 1 aromatic carbocycles. The first kappa shape index (κ1) is 21.9. The molecule has 0 radical (unpaired) electrons. The first-order chi connectivity index (χ1) is 14.9. The van der Waals surface area contributed by atoms with Crippen LogP contribution in [0.4, 0.5) is 5.00 Å². The third-order valence-electron chi connectivity index (χ3n) is 4.07. The van der Waals surface area contributed by atoms with Crippen molar-refractivity contribution in [2.75, 3.05) is 25.6 Å². The van der Waals surface area contributed by atoms with E-state index < -0.39 is 24.5 Å². The van der Waals surface area contributed by atoms with Gasteiger partial charge in [0.15, 0.2) is 6.61 Å². The molecule has 0 aliphatic rings. The molecule has 2 aromatic heterocycles. The zero-order chi connectivity index (χ0) is 22.4. The van der Waals surface area contributed by atoms with E-state index in [0.29, 0.717) is 17.1 Å². The van der Waals surface area contributed by atoms with Crippen molar-refractivity contribution >= 4 is 34.2 Å². The van der Waals surface area contributed by atoms with Crippen LogP contribution in [-0.2, 0) is 14.3 Å². The van der Waals surface area contributed by atoms with Gasteiger partial charge >= 0.3 is 11.9 Å². The molecule has 2 N–H and O–H groups in total. The minimum atomic E-state index is -0.903. The number of ether oxygens (including phenoxy) is 3. The number of anilines is 1. The molecule has 0 saturated heterocycles. The summed E-state index contributed by atoms with van der Waals surface area (Å²) in [5.41, 5.74) is 0.476. The number of benzene rings is 1. The third kappa shape index (κ3) is 5.04. The summed E-state index contributed by atoms with van der Waals surface area (Å²) in [4.78, 5) is 37.0. The summed E-state index contributed by atoms with van der Waals surface area (Å²) in [6.45, 7) is 1.19. The van der Waals surface area contributed by atoms with Gasteiger partial charge in [-0.3, -0.25) is 4.79 Å². The van der Waals surface area contributed by atoms with Gasteiger partial charge in [0.1, 0.15) is 33.4 Å². The third-order valence-corrected chi connectivity index (χ3v) is 4.96. The van der Waals surface area contributed by atoms with Crippen molar-refractivity contribution in [1.29, 1.82) is 0 Å². The van der Waals surface area contributed by atoms with E-state index in [1.165, 1.54) is 31.6 Å².